The van der Waals surface area contributed by atoms with Gasteiger partial charge in [-0.2, -0.15) is 0 Å². The molecule has 0 aromatic heterocycles. The number of para-hydroxylation sites is 1. The lowest BCUT2D eigenvalue weighted by molar-refractivity contribution is -0.386. The minimum atomic E-state index is -3.19. The van der Waals surface area contributed by atoms with E-state index in [9.17, 15) is 20.4 Å². The van der Waals surface area contributed by atoms with Crippen molar-refractivity contribution in [3.8, 4) is 5.75 Å². The van der Waals surface area contributed by atoms with E-state index in [0.29, 0.717) is 5.56 Å². The third-order valence-corrected chi connectivity index (χ3v) is 5.12. The predicted molar refractivity (Wildman–Crippen MR) is 99.4 cm³/mol. The van der Waals surface area contributed by atoms with E-state index in [2.05, 4.69) is 0 Å². The molecule has 6 nitrogen and oxygen atoms in total. The highest BCUT2D eigenvalue weighted by Gasteiger charge is 2.66. The normalized spacial score (nSPS) is 29.4. The summed E-state index contributed by atoms with van der Waals surface area (Å²) in [5.41, 5.74) is -2.73. The van der Waals surface area contributed by atoms with E-state index in [1.165, 1.54) is 0 Å². The molecule has 0 aliphatic carbocycles. The second-order valence-corrected chi connectivity index (χ2v) is 7.40. The van der Waals surface area contributed by atoms with Gasteiger partial charge in [0.15, 0.2) is 5.60 Å². The quantitative estimate of drug-likeness (QED) is 0.594. The van der Waals surface area contributed by atoms with Crippen LogP contribution in [-0.4, -0.2) is 57.0 Å². The smallest absolute Gasteiger partial charge is 0.245 e. The lowest BCUT2D eigenvalue weighted by atomic mass is 9.77. The molecular weight excluding hydrogens is 367 g/mol. The Morgan fingerprint density at radius 3 is 2.21 bits per heavy atom. The van der Waals surface area contributed by atoms with Crippen molar-refractivity contribution in [1.29, 1.82) is 0 Å². The number of rotatable bonds is 6. The van der Waals surface area contributed by atoms with Crippen LogP contribution in [0.25, 0.3) is 0 Å². The van der Waals surface area contributed by atoms with Crippen molar-refractivity contribution < 1.29 is 34.3 Å². The number of benzene rings is 2. The zero-order valence-corrected chi connectivity index (χ0v) is 15.6. The van der Waals surface area contributed by atoms with Gasteiger partial charge in [-0.05, 0) is 24.6 Å². The summed E-state index contributed by atoms with van der Waals surface area (Å²) in [6.45, 7) is 0.377. The summed E-state index contributed by atoms with van der Waals surface area (Å²) in [5.74, 6) is -2.92. The first-order chi connectivity index (χ1) is 13.2. The van der Waals surface area contributed by atoms with Gasteiger partial charge in [0.1, 0.15) is 11.4 Å². The van der Waals surface area contributed by atoms with Crippen molar-refractivity contribution in [3.63, 3.8) is 0 Å². The molecule has 1 heterocycles. The molecule has 0 amide bonds. The molecule has 0 bridgehead atoms. The monoisotopic (exact) mass is 392 g/mol. The zero-order chi connectivity index (χ0) is 20.4. The summed E-state index contributed by atoms with van der Waals surface area (Å²) in [7, 11) is 0. The van der Waals surface area contributed by atoms with Crippen LogP contribution in [0.15, 0.2) is 54.6 Å². The predicted octanol–water partition coefficient (Wildman–Crippen LogP) is 1.48. The third-order valence-electron chi connectivity index (χ3n) is 5.12. The van der Waals surface area contributed by atoms with Crippen LogP contribution in [0.2, 0.25) is 0 Å². The highest BCUT2D eigenvalue weighted by Crippen LogP contribution is 2.45. The number of halogens is 1. The Balaban J connectivity index is 2.00. The van der Waals surface area contributed by atoms with E-state index in [1.54, 1.807) is 54.6 Å². The van der Waals surface area contributed by atoms with Crippen LogP contribution >= 0.6 is 0 Å². The molecule has 1 fully saturated rings. The molecule has 2 aromatic carbocycles. The Labute approximate surface area is 162 Å². The molecule has 4 N–H and O–H groups in total. The standard InChI is InChI=1S/C21H25FO6/c1-15-7-9-16(10-8-15)11-20(25)18(27-17-5-3-2-4-6-17)28-19(13-23,14-24)12-21(20,22)26/h2-10,18,23-26H,11-14H2,1H3/t18-,20+,21+/m1/s1. The molecule has 0 radical (unpaired) electrons. The van der Waals surface area contributed by atoms with Crippen LogP contribution in [-0.2, 0) is 11.2 Å². The number of alkyl halides is 1. The van der Waals surface area contributed by atoms with Gasteiger partial charge in [0.05, 0.1) is 13.2 Å². The maximum atomic E-state index is 15.4. The van der Waals surface area contributed by atoms with Crippen LogP contribution < -0.4 is 4.74 Å². The molecule has 1 aliphatic rings. The summed E-state index contributed by atoms with van der Waals surface area (Å²) in [6.07, 6.45) is -2.80. The van der Waals surface area contributed by atoms with Crippen molar-refractivity contribution >= 4 is 0 Å². The van der Waals surface area contributed by atoms with Gasteiger partial charge in [-0.1, -0.05) is 48.0 Å². The van der Waals surface area contributed by atoms with Crippen LogP contribution in [0.1, 0.15) is 17.5 Å². The highest BCUT2D eigenvalue weighted by atomic mass is 19.2. The van der Waals surface area contributed by atoms with Crippen LogP contribution in [0.4, 0.5) is 4.39 Å². The van der Waals surface area contributed by atoms with Crippen molar-refractivity contribution in [2.75, 3.05) is 13.2 Å². The third kappa shape index (κ3) is 3.90. The van der Waals surface area contributed by atoms with Crippen molar-refractivity contribution in [2.45, 2.75) is 43.1 Å². The number of hydrogen-bond acceptors (Lipinski definition) is 6. The van der Waals surface area contributed by atoms with Gasteiger partial charge in [0, 0.05) is 12.8 Å². The summed E-state index contributed by atoms with van der Waals surface area (Å²) in [6, 6.07) is 15.3. The molecule has 1 saturated heterocycles. The van der Waals surface area contributed by atoms with Gasteiger partial charge in [0.25, 0.3) is 0 Å². The number of aryl methyl sites for hydroxylation is 1. The molecule has 7 heteroatoms. The zero-order valence-electron chi connectivity index (χ0n) is 15.6. The fraction of sp³-hybridized carbons (Fsp3) is 0.429. The molecule has 0 spiro atoms. The van der Waals surface area contributed by atoms with Crippen molar-refractivity contribution in [3.05, 3.63) is 65.7 Å². The average molecular weight is 392 g/mol. The lowest BCUT2D eigenvalue weighted by Crippen LogP contribution is -2.72. The van der Waals surface area contributed by atoms with E-state index in [1.807, 2.05) is 6.92 Å². The van der Waals surface area contributed by atoms with Gasteiger partial charge >= 0.3 is 0 Å². The molecule has 152 valence electrons. The fourth-order valence-electron chi connectivity index (χ4n) is 3.34. The van der Waals surface area contributed by atoms with Crippen molar-refractivity contribution in [2.24, 2.45) is 0 Å². The first-order valence-electron chi connectivity index (χ1n) is 9.04. The fourth-order valence-corrected chi connectivity index (χ4v) is 3.34. The van der Waals surface area contributed by atoms with E-state index in [-0.39, 0.29) is 12.2 Å². The van der Waals surface area contributed by atoms with Gasteiger partial charge in [0.2, 0.25) is 12.1 Å². The minimum absolute atomic E-state index is 0.275. The van der Waals surface area contributed by atoms with E-state index in [4.69, 9.17) is 9.47 Å². The first kappa shape index (κ1) is 20.7. The van der Waals surface area contributed by atoms with Gasteiger partial charge in [-0.25, -0.2) is 4.39 Å². The number of aliphatic hydroxyl groups is 4. The molecule has 3 atom stereocenters. The maximum Gasteiger partial charge on any atom is 0.245 e. The van der Waals surface area contributed by atoms with E-state index < -0.39 is 43.0 Å². The Morgan fingerprint density at radius 1 is 1.04 bits per heavy atom. The van der Waals surface area contributed by atoms with Gasteiger partial charge < -0.3 is 29.9 Å². The van der Waals surface area contributed by atoms with Gasteiger partial charge in [-0.15, -0.1) is 0 Å². The minimum Gasteiger partial charge on any atom is -0.462 e. The Kier molecular flexibility index (Phi) is 5.74. The molecule has 3 rings (SSSR count). The van der Waals surface area contributed by atoms with Crippen molar-refractivity contribution in [1.82, 2.24) is 0 Å². The molecule has 1 aliphatic heterocycles. The molecule has 28 heavy (non-hydrogen) atoms. The number of ether oxygens (including phenoxy) is 2. The second kappa shape index (κ2) is 7.77. The van der Waals surface area contributed by atoms with Crippen LogP contribution in [0.3, 0.4) is 0 Å². The summed E-state index contributed by atoms with van der Waals surface area (Å²) >= 11 is 0. The van der Waals surface area contributed by atoms with Crippen LogP contribution in [0.5, 0.6) is 5.75 Å². The van der Waals surface area contributed by atoms with E-state index >= 15 is 4.39 Å². The maximum absolute atomic E-state index is 15.4. The molecular formula is C21H25FO6. The topological polar surface area (TPSA) is 99.4 Å². The number of hydrogen-bond donors (Lipinski definition) is 4. The molecule has 0 saturated carbocycles. The lowest BCUT2D eigenvalue weighted by Gasteiger charge is -2.52. The Hall–Kier alpha value is -2.03. The Bertz CT molecular complexity index is 775. The molecule has 2 aromatic rings. The summed E-state index contributed by atoms with van der Waals surface area (Å²) in [4.78, 5) is 0. The van der Waals surface area contributed by atoms with Gasteiger partial charge in [-0.3, -0.25) is 0 Å². The first-order valence-corrected chi connectivity index (χ1v) is 9.04. The van der Waals surface area contributed by atoms with Crippen LogP contribution in [0, 0.1) is 6.92 Å². The molecule has 0 unspecified atom stereocenters. The summed E-state index contributed by atoms with van der Waals surface area (Å²) < 4.78 is 26.7. The highest BCUT2D eigenvalue weighted by molar-refractivity contribution is 5.26. The van der Waals surface area contributed by atoms with E-state index in [0.717, 1.165) is 5.56 Å². The SMILES string of the molecule is Cc1ccc(C[C@]2(O)[C@H](Oc3ccccc3)OC(CO)(CO)C[C@@]2(O)F)cc1. The second-order valence-electron chi connectivity index (χ2n) is 7.40. The Morgan fingerprint density at radius 2 is 1.64 bits per heavy atom. The summed E-state index contributed by atoms with van der Waals surface area (Å²) in [5, 5.41) is 41.1. The average Bonchev–Trinajstić information content (AvgIpc) is 2.68. The largest absolute Gasteiger partial charge is 0.462 e. The number of aliphatic hydroxyl groups excluding tert-OH is 2.